The van der Waals surface area contributed by atoms with E-state index >= 15 is 0 Å². The fraction of sp³-hybridized carbons (Fsp3) is 0.200. The Balaban J connectivity index is 2.38. The van der Waals surface area contributed by atoms with Gasteiger partial charge in [-0.05, 0) is 12.2 Å². The first kappa shape index (κ1) is 3.13. The van der Waals surface area contributed by atoms with E-state index in [4.69, 9.17) is 0 Å². The number of hydrogen-bond acceptors (Lipinski definition) is 2. The third kappa shape index (κ3) is 0.330. The molecule has 2 aliphatic heterocycles. The van der Waals surface area contributed by atoms with Gasteiger partial charge >= 0.3 is 0 Å². The van der Waals surface area contributed by atoms with Gasteiger partial charge in [0, 0.05) is 6.21 Å². The van der Waals surface area contributed by atoms with Crippen molar-refractivity contribution >= 4 is 11.9 Å². The van der Waals surface area contributed by atoms with Gasteiger partial charge in [0.25, 0.3) is 0 Å². The Hall–Kier alpha value is -0.920. The largest absolute Gasteiger partial charge is 0.260 e. The molecule has 0 bridgehead atoms. The van der Waals surface area contributed by atoms with Crippen LogP contribution in [0.15, 0.2) is 22.1 Å². The van der Waals surface area contributed by atoms with E-state index in [2.05, 4.69) is 9.98 Å². The van der Waals surface area contributed by atoms with Crippen molar-refractivity contribution in [3.8, 4) is 0 Å². The van der Waals surface area contributed by atoms with Crippen LogP contribution in [-0.2, 0) is 0 Å². The molecular weight excluding hydrogens is 88.1 g/mol. The molecule has 0 aromatic heterocycles. The Kier molecular flexibility index (Phi) is 0.372. The molecule has 7 heavy (non-hydrogen) atoms. The minimum Gasteiger partial charge on any atom is -0.260 e. The third-order valence-electron chi connectivity index (χ3n) is 1.05. The summed E-state index contributed by atoms with van der Waals surface area (Å²) in [4.78, 5) is 7.97. The molecule has 1 atom stereocenters. The highest BCUT2D eigenvalue weighted by Crippen LogP contribution is 2.15. The van der Waals surface area contributed by atoms with Gasteiger partial charge < -0.3 is 0 Å². The summed E-state index contributed by atoms with van der Waals surface area (Å²) in [5.41, 5.74) is 1.13. The van der Waals surface area contributed by atoms with Crippen molar-refractivity contribution in [2.45, 2.75) is 6.17 Å². The highest BCUT2D eigenvalue weighted by molar-refractivity contribution is 6.12. The maximum Gasteiger partial charge on any atom is 0.181 e. The highest BCUT2D eigenvalue weighted by Gasteiger charge is 2.23. The molecule has 0 saturated carbocycles. The van der Waals surface area contributed by atoms with Crippen LogP contribution in [0.2, 0.25) is 0 Å². The minimum atomic E-state index is 0.227. The Morgan fingerprint density at radius 3 is 3.14 bits per heavy atom. The molecule has 0 fully saturated rings. The molecule has 0 aromatic rings. The van der Waals surface area contributed by atoms with Gasteiger partial charge in [-0.2, -0.15) is 0 Å². The SMILES string of the molecule is C1=CC2=N[C@@H]2N=C1. The van der Waals surface area contributed by atoms with Crippen LogP contribution in [0.1, 0.15) is 0 Å². The van der Waals surface area contributed by atoms with Crippen LogP contribution in [0.3, 0.4) is 0 Å². The van der Waals surface area contributed by atoms with Gasteiger partial charge in [0.05, 0.1) is 5.71 Å². The minimum absolute atomic E-state index is 0.227. The Bertz CT molecular complexity index is 177. The number of rotatable bonds is 0. The quantitative estimate of drug-likeness (QED) is 0.413. The van der Waals surface area contributed by atoms with Gasteiger partial charge in [0.2, 0.25) is 0 Å². The molecule has 0 radical (unpaired) electrons. The highest BCUT2D eigenvalue weighted by atomic mass is 15.1. The van der Waals surface area contributed by atoms with Crippen LogP contribution in [-0.4, -0.2) is 18.1 Å². The van der Waals surface area contributed by atoms with Crippen molar-refractivity contribution < 1.29 is 0 Å². The summed E-state index contributed by atoms with van der Waals surface area (Å²) in [6.07, 6.45) is 5.90. The van der Waals surface area contributed by atoms with Crippen molar-refractivity contribution in [1.82, 2.24) is 0 Å². The second kappa shape index (κ2) is 0.832. The van der Waals surface area contributed by atoms with E-state index < -0.39 is 0 Å². The van der Waals surface area contributed by atoms with Crippen LogP contribution >= 0.6 is 0 Å². The summed E-state index contributed by atoms with van der Waals surface area (Å²) < 4.78 is 0. The zero-order valence-corrected chi connectivity index (χ0v) is 3.70. The second-order valence-corrected chi connectivity index (χ2v) is 1.58. The lowest BCUT2D eigenvalue weighted by Crippen LogP contribution is -1.93. The van der Waals surface area contributed by atoms with Crippen molar-refractivity contribution in [1.29, 1.82) is 0 Å². The van der Waals surface area contributed by atoms with E-state index in [0.717, 1.165) is 5.71 Å². The maximum absolute atomic E-state index is 3.99. The summed E-state index contributed by atoms with van der Waals surface area (Å²) in [5, 5.41) is 0. The fourth-order valence-electron chi connectivity index (χ4n) is 0.616. The lowest BCUT2D eigenvalue weighted by molar-refractivity contribution is 1.08. The smallest absolute Gasteiger partial charge is 0.181 e. The van der Waals surface area contributed by atoms with E-state index in [1.165, 1.54) is 0 Å². The first-order valence-electron chi connectivity index (χ1n) is 2.24. The molecule has 0 spiro atoms. The number of dihydropyridines is 1. The van der Waals surface area contributed by atoms with Gasteiger partial charge in [-0.25, -0.2) is 0 Å². The lowest BCUT2D eigenvalue weighted by Gasteiger charge is -1.84. The summed E-state index contributed by atoms with van der Waals surface area (Å²) in [6, 6.07) is 0. The van der Waals surface area contributed by atoms with Crippen LogP contribution in [0.25, 0.3) is 0 Å². The molecule has 2 aliphatic rings. The van der Waals surface area contributed by atoms with Gasteiger partial charge in [-0.15, -0.1) is 0 Å². The Morgan fingerprint density at radius 2 is 2.57 bits per heavy atom. The van der Waals surface area contributed by atoms with E-state index in [1.807, 2.05) is 12.2 Å². The molecule has 0 aromatic carbocycles. The predicted molar refractivity (Wildman–Crippen MR) is 28.9 cm³/mol. The molecular formula is C5H4N2. The van der Waals surface area contributed by atoms with Crippen LogP contribution in [0.5, 0.6) is 0 Å². The van der Waals surface area contributed by atoms with E-state index in [-0.39, 0.29) is 6.17 Å². The summed E-state index contributed by atoms with van der Waals surface area (Å²) in [6.45, 7) is 0. The normalized spacial score (nSPS) is 32.0. The molecule has 2 heterocycles. The molecule has 0 unspecified atom stereocenters. The fourth-order valence-corrected chi connectivity index (χ4v) is 0.616. The molecule has 0 N–H and O–H groups in total. The molecule has 0 amide bonds. The Morgan fingerprint density at radius 1 is 1.57 bits per heavy atom. The van der Waals surface area contributed by atoms with Gasteiger partial charge in [-0.3, -0.25) is 9.98 Å². The summed E-state index contributed by atoms with van der Waals surface area (Å²) >= 11 is 0. The Labute approximate surface area is 41.3 Å². The standard InChI is InChI=1S/C5H4N2/c1-2-4-5(7-4)6-3-1/h1-3,5H/t5-/m0/s1. The van der Waals surface area contributed by atoms with Crippen molar-refractivity contribution in [3.05, 3.63) is 12.2 Å². The van der Waals surface area contributed by atoms with E-state index in [1.54, 1.807) is 6.21 Å². The number of aliphatic imine (C=N–C) groups is 2. The summed E-state index contributed by atoms with van der Waals surface area (Å²) in [5.74, 6) is 0. The summed E-state index contributed by atoms with van der Waals surface area (Å²) in [7, 11) is 0. The molecule has 2 rings (SSSR count). The van der Waals surface area contributed by atoms with Crippen LogP contribution in [0, 0.1) is 0 Å². The third-order valence-corrected chi connectivity index (χ3v) is 1.05. The zero-order valence-electron chi connectivity index (χ0n) is 3.70. The second-order valence-electron chi connectivity index (χ2n) is 1.58. The first-order valence-corrected chi connectivity index (χ1v) is 2.24. The van der Waals surface area contributed by atoms with Crippen LogP contribution < -0.4 is 0 Å². The van der Waals surface area contributed by atoms with Crippen molar-refractivity contribution in [3.63, 3.8) is 0 Å². The van der Waals surface area contributed by atoms with Crippen molar-refractivity contribution in [2.75, 3.05) is 0 Å². The maximum atomic E-state index is 3.99. The first-order chi connectivity index (χ1) is 3.47. The number of fused-ring (bicyclic) bond motifs is 1. The van der Waals surface area contributed by atoms with Crippen molar-refractivity contribution in [2.24, 2.45) is 9.98 Å². The molecule has 2 nitrogen and oxygen atoms in total. The van der Waals surface area contributed by atoms with Gasteiger partial charge in [0.15, 0.2) is 6.17 Å². The molecule has 34 valence electrons. The number of allylic oxidation sites excluding steroid dienone is 1. The monoisotopic (exact) mass is 92.0 g/mol. The molecule has 2 heteroatoms. The van der Waals surface area contributed by atoms with E-state index in [9.17, 15) is 0 Å². The number of hydrogen-bond donors (Lipinski definition) is 0. The lowest BCUT2D eigenvalue weighted by atomic mass is 10.3. The van der Waals surface area contributed by atoms with Gasteiger partial charge in [0.1, 0.15) is 0 Å². The van der Waals surface area contributed by atoms with Gasteiger partial charge in [-0.1, -0.05) is 0 Å². The van der Waals surface area contributed by atoms with Crippen LogP contribution in [0.4, 0.5) is 0 Å². The zero-order chi connectivity index (χ0) is 4.69. The average Bonchev–Trinajstić information content (AvgIpc) is 2.41. The average molecular weight is 92.1 g/mol. The van der Waals surface area contributed by atoms with E-state index in [0.29, 0.717) is 0 Å². The molecule has 0 aliphatic carbocycles. The number of nitrogens with zero attached hydrogens (tertiary/aromatic N) is 2. The topological polar surface area (TPSA) is 24.7 Å². The predicted octanol–water partition coefficient (Wildman–Crippen LogP) is 0.408. The molecule has 0 saturated heterocycles.